The number of halogens is 3. The summed E-state index contributed by atoms with van der Waals surface area (Å²) in [4.78, 5) is 24.8. The first-order chi connectivity index (χ1) is 13.0. The molecule has 0 amide bonds. The van der Waals surface area contributed by atoms with Gasteiger partial charge in [-0.1, -0.05) is 15.9 Å². The van der Waals surface area contributed by atoms with Crippen LogP contribution in [-0.2, 0) is 29.1 Å². The Kier molecular flexibility index (Phi) is 6.87. The van der Waals surface area contributed by atoms with E-state index in [0.717, 1.165) is 0 Å². The zero-order valence-corrected chi connectivity index (χ0v) is 19.7. The summed E-state index contributed by atoms with van der Waals surface area (Å²) >= 11 is 10.0. The minimum absolute atomic E-state index is 0.236. The Labute approximate surface area is 186 Å². The van der Waals surface area contributed by atoms with Crippen molar-refractivity contribution in [2.75, 3.05) is 12.4 Å². The summed E-state index contributed by atoms with van der Waals surface area (Å²) in [6, 6.07) is 3.40. The molecule has 0 radical (unpaired) electrons. The number of rotatable bonds is 6. The second-order valence-electron chi connectivity index (χ2n) is 6.45. The Balaban J connectivity index is 1.64. The summed E-state index contributed by atoms with van der Waals surface area (Å²) in [5.74, 6) is -2.53. The van der Waals surface area contributed by atoms with Crippen LogP contribution in [0.15, 0.2) is 25.6 Å². The van der Waals surface area contributed by atoms with Gasteiger partial charge in [0.25, 0.3) is 10.1 Å². The van der Waals surface area contributed by atoms with Gasteiger partial charge in [-0.3, -0.25) is 9.35 Å². The molecule has 0 spiro atoms. The van der Waals surface area contributed by atoms with Gasteiger partial charge in [-0.25, -0.2) is 4.79 Å². The van der Waals surface area contributed by atoms with Gasteiger partial charge in [0.1, 0.15) is 24.6 Å². The molecule has 12 heteroatoms. The first-order valence-electron chi connectivity index (χ1n) is 8.18. The maximum absolute atomic E-state index is 12.6. The highest BCUT2D eigenvalue weighted by Gasteiger charge is 2.53. The molecule has 1 N–H and O–H groups in total. The number of benzene rings is 1. The lowest BCUT2D eigenvalue weighted by molar-refractivity contribution is -0.151. The first-order valence-corrected chi connectivity index (χ1v) is 12.2. The third kappa shape index (κ3) is 5.14. The third-order valence-corrected chi connectivity index (χ3v) is 7.64. The summed E-state index contributed by atoms with van der Waals surface area (Å²) < 4.78 is 48.3. The fraction of sp³-hybridized carbons (Fsp3) is 0.500. The Morgan fingerprint density at radius 3 is 2.57 bits per heavy atom. The van der Waals surface area contributed by atoms with Crippen molar-refractivity contribution in [3.8, 4) is 0 Å². The Hall–Kier alpha value is -0.530. The molecule has 3 rings (SSSR count). The largest absolute Gasteiger partial charge is 0.464 e. The van der Waals surface area contributed by atoms with E-state index in [0.29, 0.717) is 31.8 Å². The fourth-order valence-electron chi connectivity index (χ4n) is 3.29. The Morgan fingerprint density at radius 1 is 1.21 bits per heavy atom. The van der Waals surface area contributed by atoms with Crippen LogP contribution in [0.2, 0.25) is 0 Å². The molecular formula is C16H15Br3O8S. The topological polar surface area (TPSA) is 116 Å². The molecule has 4 atom stereocenters. The summed E-state index contributed by atoms with van der Waals surface area (Å²) in [5.41, 5.74) is 0.316. The molecule has 2 heterocycles. The van der Waals surface area contributed by atoms with Gasteiger partial charge in [0.2, 0.25) is 0 Å². The lowest BCUT2D eigenvalue weighted by atomic mass is 9.87. The van der Waals surface area contributed by atoms with Crippen LogP contribution in [0, 0.1) is 5.92 Å². The van der Waals surface area contributed by atoms with E-state index in [2.05, 4.69) is 47.8 Å². The monoisotopic (exact) mass is 604 g/mol. The summed E-state index contributed by atoms with van der Waals surface area (Å²) in [5, 5.41) is 0. The molecule has 0 aliphatic carbocycles. The highest BCUT2D eigenvalue weighted by atomic mass is 79.9. The van der Waals surface area contributed by atoms with Crippen LogP contribution >= 0.6 is 47.8 Å². The maximum atomic E-state index is 12.6. The predicted molar refractivity (Wildman–Crippen MR) is 108 cm³/mol. The van der Waals surface area contributed by atoms with E-state index < -0.39 is 52.5 Å². The molecule has 2 bridgehead atoms. The number of hydrogen-bond donors (Lipinski definition) is 1. The number of fused-ring (bicyclic) bond motifs is 2. The first kappa shape index (κ1) is 22.2. The second-order valence-corrected chi connectivity index (χ2v) is 10.6. The van der Waals surface area contributed by atoms with Crippen LogP contribution < -0.4 is 0 Å². The van der Waals surface area contributed by atoms with Gasteiger partial charge >= 0.3 is 11.9 Å². The SMILES string of the molecule is O=C(OC1CC2CC(C(=O)OCCS(=O)(=O)O)C1O2)c1cc(Br)cc(Br)c1Br. The van der Waals surface area contributed by atoms with E-state index >= 15 is 0 Å². The maximum Gasteiger partial charge on any atom is 0.339 e. The smallest absolute Gasteiger partial charge is 0.339 e. The lowest BCUT2D eigenvalue weighted by Crippen LogP contribution is -2.39. The van der Waals surface area contributed by atoms with Crippen molar-refractivity contribution in [2.24, 2.45) is 5.92 Å². The number of ether oxygens (including phenoxy) is 3. The van der Waals surface area contributed by atoms with Gasteiger partial charge in [0.05, 0.1) is 17.6 Å². The van der Waals surface area contributed by atoms with Gasteiger partial charge in [0, 0.05) is 19.8 Å². The molecule has 4 unspecified atom stereocenters. The zero-order valence-electron chi connectivity index (χ0n) is 14.1. The van der Waals surface area contributed by atoms with E-state index in [9.17, 15) is 18.0 Å². The highest BCUT2D eigenvalue weighted by molar-refractivity contribution is 9.13. The van der Waals surface area contributed by atoms with Crippen molar-refractivity contribution in [3.63, 3.8) is 0 Å². The number of hydrogen-bond acceptors (Lipinski definition) is 7. The van der Waals surface area contributed by atoms with Gasteiger partial charge in [-0.15, -0.1) is 0 Å². The van der Waals surface area contributed by atoms with Gasteiger partial charge in [0.15, 0.2) is 0 Å². The van der Waals surface area contributed by atoms with Gasteiger partial charge < -0.3 is 14.2 Å². The summed E-state index contributed by atoms with van der Waals surface area (Å²) in [6.45, 7) is -0.449. The third-order valence-electron chi connectivity index (χ3n) is 4.48. The molecule has 154 valence electrons. The summed E-state index contributed by atoms with van der Waals surface area (Å²) in [7, 11) is -4.21. The Morgan fingerprint density at radius 2 is 1.93 bits per heavy atom. The van der Waals surface area contributed by atoms with E-state index in [1.165, 1.54) is 0 Å². The molecule has 1 aromatic carbocycles. The molecule has 2 fully saturated rings. The average molecular weight is 607 g/mol. The molecule has 28 heavy (non-hydrogen) atoms. The van der Waals surface area contributed by atoms with E-state index in [-0.39, 0.29) is 6.10 Å². The van der Waals surface area contributed by atoms with Crippen molar-refractivity contribution in [1.82, 2.24) is 0 Å². The van der Waals surface area contributed by atoms with E-state index in [1.807, 2.05) is 0 Å². The minimum Gasteiger partial charge on any atom is -0.464 e. The molecular weight excluding hydrogens is 592 g/mol. The molecule has 2 saturated heterocycles. The molecule has 8 nitrogen and oxygen atoms in total. The Bertz CT molecular complexity index is 903. The minimum atomic E-state index is -4.21. The van der Waals surface area contributed by atoms with Crippen LogP contribution in [0.4, 0.5) is 0 Å². The second kappa shape index (κ2) is 8.68. The molecule has 2 aliphatic rings. The predicted octanol–water partition coefficient (Wildman–Crippen LogP) is 3.11. The molecule has 2 aliphatic heterocycles. The standard InChI is InChI=1S/C16H15Br3O8S/c17-7-3-9(13(19)11(18)4-7)16(21)27-12-6-8-5-10(14(12)26-8)15(20)25-1-2-28(22,23)24/h3-4,8,10,12,14H,1-2,5-6H2,(H,22,23,24). The van der Waals surface area contributed by atoms with Gasteiger partial charge in [-0.05, 0) is 50.4 Å². The van der Waals surface area contributed by atoms with Crippen molar-refractivity contribution in [1.29, 1.82) is 0 Å². The summed E-state index contributed by atoms with van der Waals surface area (Å²) in [6.07, 6.45) is -0.621. The van der Waals surface area contributed by atoms with Crippen molar-refractivity contribution >= 4 is 69.8 Å². The lowest BCUT2D eigenvalue weighted by Gasteiger charge is -2.25. The van der Waals surface area contributed by atoms with Crippen molar-refractivity contribution < 1.29 is 36.8 Å². The van der Waals surface area contributed by atoms with Gasteiger partial charge in [-0.2, -0.15) is 8.42 Å². The number of esters is 2. The van der Waals surface area contributed by atoms with Crippen molar-refractivity contribution in [3.05, 3.63) is 31.1 Å². The highest BCUT2D eigenvalue weighted by Crippen LogP contribution is 2.42. The van der Waals surface area contributed by atoms with E-state index in [1.54, 1.807) is 12.1 Å². The fourth-order valence-corrected chi connectivity index (χ4v) is 5.20. The molecule has 1 aromatic rings. The van der Waals surface area contributed by atoms with Crippen LogP contribution in [0.25, 0.3) is 0 Å². The van der Waals surface area contributed by atoms with Crippen molar-refractivity contribution in [2.45, 2.75) is 31.2 Å². The van der Waals surface area contributed by atoms with Crippen LogP contribution in [0.5, 0.6) is 0 Å². The number of carbonyl (C=O) groups is 2. The molecule has 0 aromatic heterocycles. The number of carbonyl (C=O) groups excluding carboxylic acids is 2. The zero-order chi connectivity index (χ0) is 20.6. The average Bonchev–Trinajstić information content (AvgIpc) is 3.17. The van der Waals surface area contributed by atoms with Crippen LogP contribution in [0.1, 0.15) is 23.2 Å². The molecule has 0 saturated carbocycles. The van der Waals surface area contributed by atoms with E-state index in [4.69, 9.17) is 18.8 Å². The van der Waals surface area contributed by atoms with Crippen LogP contribution in [0.3, 0.4) is 0 Å². The van der Waals surface area contributed by atoms with Crippen LogP contribution in [-0.4, -0.2) is 55.6 Å². The normalized spacial score (nSPS) is 26.3. The quantitative estimate of drug-likeness (QED) is 0.298.